The van der Waals surface area contributed by atoms with Crippen LogP contribution in [0.25, 0.3) is 10.9 Å². The lowest BCUT2D eigenvalue weighted by Crippen LogP contribution is -2.13. The first kappa shape index (κ1) is 11.4. The van der Waals surface area contributed by atoms with Crippen LogP contribution in [0.5, 0.6) is 0 Å². The molecule has 1 amide bonds. The zero-order chi connectivity index (χ0) is 13.2. The largest absolute Gasteiger partial charge is 0.351 e. The molecule has 1 aromatic carbocycles. The number of hydrogen-bond donors (Lipinski definition) is 2. The van der Waals surface area contributed by atoms with Crippen molar-refractivity contribution in [2.24, 2.45) is 0 Å². The third kappa shape index (κ3) is 2.30. The first-order valence-corrected chi connectivity index (χ1v) is 5.73. The van der Waals surface area contributed by atoms with E-state index in [0.29, 0.717) is 11.5 Å². The Labute approximate surface area is 108 Å². The van der Waals surface area contributed by atoms with Crippen LogP contribution in [0.4, 0.5) is 10.2 Å². The molecule has 0 aliphatic rings. The van der Waals surface area contributed by atoms with Gasteiger partial charge in [-0.05, 0) is 24.3 Å². The Morgan fingerprint density at radius 1 is 1.21 bits per heavy atom. The molecule has 2 aromatic heterocycles. The van der Waals surface area contributed by atoms with E-state index in [9.17, 15) is 9.18 Å². The summed E-state index contributed by atoms with van der Waals surface area (Å²) in [5.74, 6) is -0.441. The van der Waals surface area contributed by atoms with Crippen LogP contribution in [0.1, 0.15) is 10.5 Å². The molecule has 2 heterocycles. The van der Waals surface area contributed by atoms with Crippen LogP contribution in [0, 0.1) is 5.82 Å². The third-order valence-corrected chi connectivity index (χ3v) is 2.74. The number of H-pyrrole nitrogens is 1. The number of benzene rings is 1. The second-order valence-corrected chi connectivity index (χ2v) is 4.09. The van der Waals surface area contributed by atoms with E-state index in [-0.39, 0.29) is 5.91 Å². The normalized spacial score (nSPS) is 10.6. The Hall–Kier alpha value is -2.69. The highest BCUT2D eigenvalue weighted by atomic mass is 19.1. The van der Waals surface area contributed by atoms with Gasteiger partial charge in [0, 0.05) is 10.9 Å². The van der Waals surface area contributed by atoms with E-state index in [0.717, 1.165) is 17.1 Å². The number of fused-ring (bicyclic) bond motifs is 1. The number of para-hydroxylation sites is 1. The highest BCUT2D eigenvalue weighted by Crippen LogP contribution is 2.15. The van der Waals surface area contributed by atoms with E-state index < -0.39 is 5.82 Å². The number of aromatic nitrogens is 2. The molecule has 0 unspecified atom stereocenters. The minimum Gasteiger partial charge on any atom is -0.351 e. The second-order valence-electron chi connectivity index (χ2n) is 4.09. The monoisotopic (exact) mass is 255 g/mol. The van der Waals surface area contributed by atoms with Crippen LogP contribution in [0.15, 0.2) is 48.7 Å². The van der Waals surface area contributed by atoms with Crippen LogP contribution < -0.4 is 5.32 Å². The van der Waals surface area contributed by atoms with Gasteiger partial charge in [0.2, 0.25) is 0 Å². The molecular formula is C14H10FN3O. The van der Waals surface area contributed by atoms with Crippen molar-refractivity contribution < 1.29 is 9.18 Å². The number of halogens is 1. The summed E-state index contributed by atoms with van der Waals surface area (Å²) in [6, 6.07) is 12.0. The van der Waals surface area contributed by atoms with Crippen molar-refractivity contribution in [3.63, 3.8) is 0 Å². The maximum atomic E-state index is 12.7. The Balaban J connectivity index is 1.85. The topological polar surface area (TPSA) is 57.8 Å². The van der Waals surface area contributed by atoms with Crippen molar-refractivity contribution in [1.82, 2.24) is 9.97 Å². The maximum absolute atomic E-state index is 12.7. The van der Waals surface area contributed by atoms with Gasteiger partial charge < -0.3 is 10.3 Å². The average Bonchev–Trinajstić information content (AvgIpc) is 2.85. The minimum atomic E-state index is -0.441. The lowest BCUT2D eigenvalue weighted by Gasteiger charge is -2.01. The molecule has 5 heteroatoms. The van der Waals surface area contributed by atoms with Crippen LogP contribution in [0.3, 0.4) is 0 Å². The molecule has 4 nitrogen and oxygen atoms in total. The number of pyridine rings is 1. The van der Waals surface area contributed by atoms with Crippen LogP contribution in [0.2, 0.25) is 0 Å². The number of hydrogen-bond acceptors (Lipinski definition) is 2. The number of nitrogens with zero attached hydrogens (tertiary/aromatic N) is 1. The predicted molar refractivity (Wildman–Crippen MR) is 70.4 cm³/mol. The fourth-order valence-corrected chi connectivity index (χ4v) is 1.83. The molecule has 0 spiro atoms. The third-order valence-electron chi connectivity index (χ3n) is 2.74. The molecular weight excluding hydrogens is 245 g/mol. The van der Waals surface area contributed by atoms with Gasteiger partial charge in [-0.3, -0.25) is 4.79 Å². The molecule has 3 aromatic rings. The summed E-state index contributed by atoms with van der Waals surface area (Å²) in [7, 11) is 0. The molecule has 3 rings (SSSR count). The van der Waals surface area contributed by atoms with Gasteiger partial charge in [0.15, 0.2) is 0 Å². The van der Waals surface area contributed by atoms with Gasteiger partial charge in [0.05, 0.1) is 6.20 Å². The number of anilines is 1. The second kappa shape index (κ2) is 4.53. The van der Waals surface area contributed by atoms with Gasteiger partial charge in [-0.1, -0.05) is 18.2 Å². The van der Waals surface area contributed by atoms with Gasteiger partial charge in [0.25, 0.3) is 5.91 Å². The smallest absolute Gasteiger partial charge is 0.273 e. The summed E-state index contributed by atoms with van der Waals surface area (Å²) in [6.45, 7) is 0. The van der Waals surface area contributed by atoms with E-state index in [1.807, 2.05) is 24.3 Å². The van der Waals surface area contributed by atoms with E-state index >= 15 is 0 Å². The van der Waals surface area contributed by atoms with Crippen molar-refractivity contribution in [3.8, 4) is 0 Å². The molecule has 94 valence electrons. The highest BCUT2D eigenvalue weighted by Gasteiger charge is 2.09. The molecule has 19 heavy (non-hydrogen) atoms. The lowest BCUT2D eigenvalue weighted by atomic mass is 10.2. The first-order chi connectivity index (χ1) is 9.22. The first-order valence-electron chi connectivity index (χ1n) is 5.73. The average molecular weight is 255 g/mol. The van der Waals surface area contributed by atoms with Gasteiger partial charge in [-0.15, -0.1) is 0 Å². The number of amides is 1. The lowest BCUT2D eigenvalue weighted by molar-refractivity contribution is 0.102. The fourth-order valence-electron chi connectivity index (χ4n) is 1.83. The number of aromatic amines is 1. The highest BCUT2D eigenvalue weighted by molar-refractivity contribution is 6.05. The number of carbonyl (C=O) groups excluding carboxylic acids is 1. The maximum Gasteiger partial charge on any atom is 0.273 e. The van der Waals surface area contributed by atoms with Crippen molar-refractivity contribution in [2.75, 3.05) is 5.32 Å². The van der Waals surface area contributed by atoms with Crippen LogP contribution in [-0.2, 0) is 0 Å². The van der Waals surface area contributed by atoms with Gasteiger partial charge in [-0.2, -0.15) is 0 Å². The Morgan fingerprint density at radius 3 is 2.79 bits per heavy atom. The van der Waals surface area contributed by atoms with E-state index in [4.69, 9.17) is 0 Å². The van der Waals surface area contributed by atoms with Crippen molar-refractivity contribution in [2.45, 2.75) is 0 Å². The van der Waals surface area contributed by atoms with Crippen molar-refractivity contribution >= 4 is 22.6 Å². The molecule has 0 saturated carbocycles. The molecule has 0 bridgehead atoms. The quantitative estimate of drug-likeness (QED) is 0.739. The predicted octanol–water partition coefficient (Wildman–Crippen LogP) is 2.95. The summed E-state index contributed by atoms with van der Waals surface area (Å²) >= 11 is 0. The van der Waals surface area contributed by atoms with Crippen LogP contribution in [-0.4, -0.2) is 15.9 Å². The summed E-state index contributed by atoms with van der Waals surface area (Å²) < 4.78 is 12.7. The molecule has 0 aliphatic carbocycles. The molecule has 0 fully saturated rings. The zero-order valence-electron chi connectivity index (χ0n) is 9.85. The van der Waals surface area contributed by atoms with E-state index in [2.05, 4.69) is 15.3 Å². The van der Waals surface area contributed by atoms with Gasteiger partial charge >= 0.3 is 0 Å². The molecule has 0 aliphatic heterocycles. The Bertz CT molecular complexity index is 701. The summed E-state index contributed by atoms with van der Waals surface area (Å²) in [5.41, 5.74) is 1.33. The summed E-state index contributed by atoms with van der Waals surface area (Å²) in [5, 5.41) is 3.56. The molecule has 0 saturated heterocycles. The van der Waals surface area contributed by atoms with E-state index in [1.54, 1.807) is 6.07 Å². The van der Waals surface area contributed by atoms with Gasteiger partial charge in [-0.25, -0.2) is 9.37 Å². The van der Waals surface area contributed by atoms with E-state index in [1.165, 1.54) is 12.1 Å². The molecule has 2 N–H and O–H groups in total. The molecule has 0 radical (unpaired) electrons. The van der Waals surface area contributed by atoms with Crippen molar-refractivity contribution in [3.05, 3.63) is 60.2 Å². The molecule has 0 atom stereocenters. The van der Waals surface area contributed by atoms with Crippen molar-refractivity contribution in [1.29, 1.82) is 0 Å². The summed E-state index contributed by atoms with van der Waals surface area (Å²) in [4.78, 5) is 18.8. The summed E-state index contributed by atoms with van der Waals surface area (Å²) in [6.07, 6.45) is 1.06. The standard InChI is InChI=1S/C14H10FN3O/c15-10-5-6-13(16-8-10)18-14(19)12-7-9-3-1-2-4-11(9)17-12/h1-8,17H,(H,16,18,19). The van der Waals surface area contributed by atoms with Gasteiger partial charge in [0.1, 0.15) is 17.3 Å². The zero-order valence-corrected chi connectivity index (χ0v) is 9.85. The number of nitrogens with one attached hydrogen (secondary N) is 2. The Kier molecular flexibility index (Phi) is 2.72. The van der Waals surface area contributed by atoms with Crippen LogP contribution >= 0.6 is 0 Å². The SMILES string of the molecule is O=C(Nc1ccc(F)cn1)c1cc2ccccc2[nH]1. The Morgan fingerprint density at radius 2 is 2.05 bits per heavy atom. The number of carbonyl (C=O) groups is 1. The number of rotatable bonds is 2. The fraction of sp³-hybridized carbons (Fsp3) is 0. The minimum absolute atomic E-state index is 0.310.